The summed E-state index contributed by atoms with van der Waals surface area (Å²) in [6, 6.07) is 0. The molecule has 2 saturated heterocycles. The molecule has 2 fully saturated rings. The van der Waals surface area contributed by atoms with Crippen LogP contribution in [0, 0.1) is 17.3 Å². The van der Waals surface area contributed by atoms with Crippen LogP contribution in [-0.4, -0.2) is 63.4 Å². The van der Waals surface area contributed by atoms with Gasteiger partial charge in [0.05, 0.1) is 12.7 Å². The normalized spacial score (nSPS) is 20.6. The molecule has 0 spiro atoms. The molecule has 2 aliphatic rings. The molecule has 0 atom stereocenters. The lowest BCUT2D eigenvalue weighted by atomic mass is 9.69. The van der Waals surface area contributed by atoms with Crippen LogP contribution < -0.4 is 10.6 Å². The lowest BCUT2D eigenvalue weighted by Gasteiger charge is -2.41. The predicted octanol–water partition coefficient (Wildman–Crippen LogP) is 3.37. The number of nitrogens with zero attached hydrogens (tertiary/aromatic N) is 1. The Hall–Kier alpha value is -0.160. The van der Waals surface area contributed by atoms with Gasteiger partial charge in [0, 0.05) is 32.7 Å². The van der Waals surface area contributed by atoms with Gasteiger partial charge in [-0.15, -0.1) is 0 Å². The highest BCUT2D eigenvalue weighted by molar-refractivity contribution is 4.84. The van der Waals surface area contributed by atoms with Crippen molar-refractivity contribution in [2.24, 2.45) is 17.3 Å². The third-order valence-electron chi connectivity index (χ3n) is 5.44. The van der Waals surface area contributed by atoms with E-state index in [1.54, 1.807) is 0 Å². The molecule has 25 heavy (non-hydrogen) atoms. The molecular weight excluding hydrogens is 310 g/mol. The minimum Gasteiger partial charge on any atom is -0.377 e. The number of nitrogens with one attached hydrogen (secondary N) is 2. The topological polar surface area (TPSA) is 36.5 Å². The Kier molecular flexibility index (Phi) is 11.2. The second-order valence-electron chi connectivity index (χ2n) is 9.12. The van der Waals surface area contributed by atoms with Crippen LogP contribution in [0.3, 0.4) is 0 Å². The average molecular weight is 356 g/mol. The molecule has 0 amide bonds. The molecule has 4 heteroatoms. The van der Waals surface area contributed by atoms with Crippen LogP contribution in [0.1, 0.15) is 60.8 Å². The van der Waals surface area contributed by atoms with Gasteiger partial charge in [-0.2, -0.15) is 0 Å². The van der Waals surface area contributed by atoms with E-state index in [0.717, 1.165) is 51.2 Å². The molecule has 2 N–H and O–H groups in total. The Labute approximate surface area is 157 Å². The van der Waals surface area contributed by atoms with Gasteiger partial charge in [-0.05, 0) is 63.5 Å². The van der Waals surface area contributed by atoms with E-state index in [0.29, 0.717) is 11.5 Å². The second-order valence-corrected chi connectivity index (χ2v) is 9.12. The quantitative estimate of drug-likeness (QED) is 0.734. The molecule has 0 aliphatic carbocycles. The van der Waals surface area contributed by atoms with Gasteiger partial charge in [0.25, 0.3) is 0 Å². The van der Waals surface area contributed by atoms with Crippen molar-refractivity contribution in [2.45, 2.75) is 66.9 Å². The summed E-state index contributed by atoms with van der Waals surface area (Å²) in [7, 11) is 0. The van der Waals surface area contributed by atoms with Crippen molar-refractivity contribution in [3.05, 3.63) is 0 Å². The van der Waals surface area contributed by atoms with Crippen LogP contribution in [0.15, 0.2) is 0 Å². The number of piperazine rings is 1. The lowest BCUT2D eigenvalue weighted by molar-refractivity contribution is 0.0364. The molecule has 150 valence electrons. The molecule has 0 bridgehead atoms. The molecular formula is C21H45N3O. The Morgan fingerprint density at radius 3 is 1.88 bits per heavy atom. The molecule has 0 aromatic heterocycles. The van der Waals surface area contributed by atoms with Crippen LogP contribution in [0.4, 0.5) is 0 Å². The van der Waals surface area contributed by atoms with E-state index in [9.17, 15) is 0 Å². The maximum atomic E-state index is 5.65. The SMILES string of the molecule is C1CNCCN1.CC(C)CC(C)(C)C1CCN(CCOC(C)C)CC1. The van der Waals surface area contributed by atoms with Crippen LogP contribution in [-0.2, 0) is 4.74 Å². The summed E-state index contributed by atoms with van der Waals surface area (Å²) >= 11 is 0. The fraction of sp³-hybridized carbons (Fsp3) is 1.00. The summed E-state index contributed by atoms with van der Waals surface area (Å²) in [5.74, 6) is 1.71. The second kappa shape index (κ2) is 12.3. The maximum absolute atomic E-state index is 5.65. The van der Waals surface area contributed by atoms with E-state index in [2.05, 4.69) is 57.1 Å². The smallest absolute Gasteiger partial charge is 0.0596 e. The number of rotatable bonds is 7. The van der Waals surface area contributed by atoms with E-state index < -0.39 is 0 Å². The molecule has 0 unspecified atom stereocenters. The number of hydrogen-bond donors (Lipinski definition) is 2. The first-order chi connectivity index (χ1) is 11.8. The van der Waals surface area contributed by atoms with Gasteiger partial charge in [-0.3, -0.25) is 0 Å². The Morgan fingerprint density at radius 1 is 0.960 bits per heavy atom. The first-order valence-electron chi connectivity index (χ1n) is 10.6. The minimum absolute atomic E-state index is 0.363. The zero-order valence-electron chi connectivity index (χ0n) is 17.9. The molecule has 4 nitrogen and oxygen atoms in total. The standard InChI is InChI=1S/C17H35NO.C4H10N2/c1-14(2)13-17(5,6)16-7-9-18(10-8-16)11-12-19-15(3)4;1-2-6-4-3-5-1/h14-16H,7-13H2,1-6H3;5-6H,1-4H2. The largest absolute Gasteiger partial charge is 0.377 e. The van der Waals surface area contributed by atoms with Gasteiger partial charge in [-0.1, -0.05) is 27.7 Å². The van der Waals surface area contributed by atoms with Gasteiger partial charge in [0.2, 0.25) is 0 Å². The molecule has 0 aromatic carbocycles. The monoisotopic (exact) mass is 355 g/mol. The summed E-state index contributed by atoms with van der Waals surface area (Å²) in [5.41, 5.74) is 0.509. The van der Waals surface area contributed by atoms with E-state index >= 15 is 0 Å². The molecule has 2 heterocycles. The van der Waals surface area contributed by atoms with E-state index in [1.807, 2.05) is 0 Å². The lowest BCUT2D eigenvalue weighted by Crippen LogP contribution is -2.40. The number of ether oxygens (including phenoxy) is 1. The van der Waals surface area contributed by atoms with Crippen molar-refractivity contribution >= 4 is 0 Å². The first kappa shape index (κ1) is 22.9. The summed E-state index contributed by atoms with van der Waals surface area (Å²) in [6.07, 6.45) is 4.44. The van der Waals surface area contributed by atoms with Crippen molar-refractivity contribution in [1.82, 2.24) is 15.5 Å². The van der Waals surface area contributed by atoms with E-state index in [1.165, 1.54) is 32.4 Å². The predicted molar refractivity (Wildman–Crippen MR) is 109 cm³/mol. The summed E-state index contributed by atoms with van der Waals surface area (Å²) in [6.45, 7) is 22.9. The fourth-order valence-electron chi connectivity index (χ4n) is 4.18. The maximum Gasteiger partial charge on any atom is 0.0596 e. The van der Waals surface area contributed by atoms with Crippen LogP contribution >= 0.6 is 0 Å². The highest BCUT2D eigenvalue weighted by atomic mass is 16.5. The Balaban J connectivity index is 0.000000435. The number of hydrogen-bond acceptors (Lipinski definition) is 4. The van der Waals surface area contributed by atoms with Gasteiger partial charge in [0.1, 0.15) is 0 Å². The van der Waals surface area contributed by atoms with Crippen molar-refractivity contribution in [2.75, 3.05) is 52.4 Å². The third kappa shape index (κ3) is 10.5. The molecule has 2 aliphatic heterocycles. The van der Waals surface area contributed by atoms with Crippen molar-refractivity contribution in [3.8, 4) is 0 Å². The van der Waals surface area contributed by atoms with Gasteiger partial charge in [-0.25, -0.2) is 0 Å². The highest BCUT2D eigenvalue weighted by Gasteiger charge is 2.32. The van der Waals surface area contributed by atoms with Crippen LogP contribution in [0.2, 0.25) is 0 Å². The van der Waals surface area contributed by atoms with Gasteiger partial charge in [0.15, 0.2) is 0 Å². The molecule has 2 rings (SSSR count). The fourth-order valence-corrected chi connectivity index (χ4v) is 4.18. The van der Waals surface area contributed by atoms with Gasteiger partial charge >= 0.3 is 0 Å². The van der Waals surface area contributed by atoms with Crippen molar-refractivity contribution in [1.29, 1.82) is 0 Å². The molecule has 0 saturated carbocycles. The molecule has 0 radical (unpaired) electrons. The first-order valence-corrected chi connectivity index (χ1v) is 10.6. The summed E-state index contributed by atoms with van der Waals surface area (Å²) < 4.78 is 5.65. The van der Waals surface area contributed by atoms with Crippen molar-refractivity contribution in [3.63, 3.8) is 0 Å². The zero-order valence-corrected chi connectivity index (χ0v) is 17.9. The summed E-state index contributed by atoms with van der Waals surface area (Å²) in [4.78, 5) is 2.57. The van der Waals surface area contributed by atoms with Gasteiger partial charge < -0.3 is 20.3 Å². The minimum atomic E-state index is 0.363. The average Bonchev–Trinajstić information content (AvgIpc) is 2.56. The van der Waals surface area contributed by atoms with Crippen LogP contribution in [0.25, 0.3) is 0 Å². The Morgan fingerprint density at radius 2 is 1.48 bits per heavy atom. The van der Waals surface area contributed by atoms with Crippen molar-refractivity contribution < 1.29 is 4.74 Å². The van der Waals surface area contributed by atoms with Crippen LogP contribution in [0.5, 0.6) is 0 Å². The molecule has 0 aromatic rings. The number of piperidine rings is 1. The Bertz CT molecular complexity index is 308. The van der Waals surface area contributed by atoms with E-state index in [4.69, 9.17) is 4.74 Å². The third-order valence-corrected chi connectivity index (χ3v) is 5.44. The number of likely N-dealkylation sites (tertiary alicyclic amines) is 1. The highest BCUT2D eigenvalue weighted by Crippen LogP contribution is 2.39. The zero-order chi connectivity index (χ0) is 18.7. The van der Waals surface area contributed by atoms with E-state index in [-0.39, 0.29) is 0 Å². The summed E-state index contributed by atoms with van der Waals surface area (Å²) in [5, 5.41) is 6.44.